The normalized spacial score (nSPS) is 12.7. The molecule has 0 aliphatic rings. The van der Waals surface area contributed by atoms with Crippen LogP contribution in [0.25, 0.3) is 0 Å². The number of carbonyl (C=O) groups excluding carboxylic acids is 2. The molecular weight excluding hydrogens is 268 g/mol. The molecule has 0 fully saturated rings. The standard InChI is InChI=1S/C13H17ClN2O3/c1-8(12(18)19-13(2,3)4)16-11(17)10-6-5-9(14)7-15-10/h5-8H,1-4H3,(H,16,17)/t8-/m0/s1. The predicted molar refractivity (Wildman–Crippen MR) is 72.0 cm³/mol. The Morgan fingerprint density at radius 2 is 2.00 bits per heavy atom. The first kappa shape index (κ1) is 15.4. The molecule has 0 aromatic carbocycles. The molecule has 0 radical (unpaired) electrons. The number of pyridine rings is 1. The summed E-state index contributed by atoms with van der Waals surface area (Å²) < 4.78 is 5.16. The average Bonchev–Trinajstić information content (AvgIpc) is 2.27. The Morgan fingerprint density at radius 3 is 2.47 bits per heavy atom. The zero-order valence-electron chi connectivity index (χ0n) is 11.4. The number of nitrogens with zero attached hydrogens (tertiary/aromatic N) is 1. The van der Waals surface area contributed by atoms with Crippen molar-refractivity contribution >= 4 is 23.5 Å². The first-order valence-corrected chi connectivity index (χ1v) is 6.22. The maximum Gasteiger partial charge on any atom is 0.328 e. The van der Waals surface area contributed by atoms with Crippen LogP contribution in [0.4, 0.5) is 0 Å². The number of carbonyl (C=O) groups is 2. The number of rotatable bonds is 3. The minimum atomic E-state index is -0.746. The summed E-state index contributed by atoms with van der Waals surface area (Å²) in [5, 5.41) is 2.96. The highest BCUT2D eigenvalue weighted by atomic mass is 35.5. The molecule has 0 aliphatic carbocycles. The number of ether oxygens (including phenoxy) is 1. The van der Waals surface area contributed by atoms with E-state index in [1.165, 1.54) is 12.3 Å². The molecule has 1 N–H and O–H groups in total. The molecule has 5 nitrogen and oxygen atoms in total. The molecule has 0 saturated heterocycles. The van der Waals surface area contributed by atoms with Gasteiger partial charge in [-0.25, -0.2) is 9.78 Å². The van der Waals surface area contributed by atoms with Crippen LogP contribution >= 0.6 is 11.6 Å². The van der Waals surface area contributed by atoms with Gasteiger partial charge in [-0.3, -0.25) is 4.79 Å². The van der Waals surface area contributed by atoms with Crippen LogP contribution in [0.3, 0.4) is 0 Å². The minimum absolute atomic E-state index is 0.194. The average molecular weight is 285 g/mol. The number of esters is 1. The largest absolute Gasteiger partial charge is 0.458 e. The van der Waals surface area contributed by atoms with Crippen LogP contribution in [0.15, 0.2) is 18.3 Å². The van der Waals surface area contributed by atoms with E-state index in [0.29, 0.717) is 5.02 Å². The number of hydrogen-bond donors (Lipinski definition) is 1. The lowest BCUT2D eigenvalue weighted by Crippen LogP contribution is -2.42. The summed E-state index contributed by atoms with van der Waals surface area (Å²) >= 11 is 5.68. The molecule has 1 amide bonds. The van der Waals surface area contributed by atoms with Crippen LogP contribution in [0.2, 0.25) is 5.02 Å². The van der Waals surface area contributed by atoms with Gasteiger partial charge in [-0.2, -0.15) is 0 Å². The predicted octanol–water partition coefficient (Wildman–Crippen LogP) is 2.20. The third-order valence-corrected chi connectivity index (χ3v) is 2.29. The molecule has 1 aromatic rings. The van der Waals surface area contributed by atoms with Gasteiger partial charge in [0.15, 0.2) is 0 Å². The first-order chi connectivity index (χ1) is 8.69. The van der Waals surface area contributed by atoms with E-state index in [0.717, 1.165) is 0 Å². The molecule has 0 saturated carbocycles. The summed E-state index contributed by atoms with van der Waals surface area (Å²) in [6.45, 7) is 6.85. The van der Waals surface area contributed by atoms with Crippen LogP contribution < -0.4 is 5.32 Å². The molecule has 1 aromatic heterocycles. The zero-order chi connectivity index (χ0) is 14.6. The van der Waals surface area contributed by atoms with E-state index in [1.54, 1.807) is 33.8 Å². The Hall–Kier alpha value is -1.62. The van der Waals surface area contributed by atoms with Gasteiger partial charge in [-0.15, -0.1) is 0 Å². The third kappa shape index (κ3) is 5.26. The second kappa shape index (κ2) is 6.02. The van der Waals surface area contributed by atoms with Crippen molar-refractivity contribution in [3.05, 3.63) is 29.0 Å². The fraction of sp³-hybridized carbons (Fsp3) is 0.462. The third-order valence-electron chi connectivity index (χ3n) is 2.07. The Bertz CT molecular complexity index is 466. The van der Waals surface area contributed by atoms with Crippen LogP contribution in [0.1, 0.15) is 38.2 Å². The summed E-state index contributed by atoms with van der Waals surface area (Å²) in [5.74, 6) is -0.940. The highest BCUT2D eigenvalue weighted by Crippen LogP contribution is 2.09. The van der Waals surface area contributed by atoms with E-state index < -0.39 is 23.5 Å². The molecule has 1 rings (SSSR count). The van der Waals surface area contributed by atoms with E-state index in [2.05, 4.69) is 10.3 Å². The molecule has 104 valence electrons. The van der Waals surface area contributed by atoms with E-state index in [9.17, 15) is 9.59 Å². The lowest BCUT2D eigenvalue weighted by molar-refractivity contribution is -0.156. The van der Waals surface area contributed by atoms with Crippen molar-refractivity contribution < 1.29 is 14.3 Å². The highest BCUT2D eigenvalue weighted by molar-refractivity contribution is 6.30. The molecule has 19 heavy (non-hydrogen) atoms. The van der Waals surface area contributed by atoms with Gasteiger partial charge in [0, 0.05) is 6.20 Å². The lowest BCUT2D eigenvalue weighted by atomic mass is 10.2. The van der Waals surface area contributed by atoms with Gasteiger partial charge in [-0.05, 0) is 39.8 Å². The lowest BCUT2D eigenvalue weighted by Gasteiger charge is -2.22. The molecule has 1 heterocycles. The van der Waals surface area contributed by atoms with Gasteiger partial charge in [0.2, 0.25) is 0 Å². The maximum absolute atomic E-state index is 11.8. The Balaban J connectivity index is 2.61. The van der Waals surface area contributed by atoms with Crippen molar-refractivity contribution in [3.63, 3.8) is 0 Å². The van der Waals surface area contributed by atoms with Gasteiger partial charge in [0.1, 0.15) is 17.3 Å². The van der Waals surface area contributed by atoms with E-state index in [-0.39, 0.29) is 5.69 Å². The molecule has 0 unspecified atom stereocenters. The second-order valence-electron chi connectivity index (χ2n) is 5.09. The molecule has 0 bridgehead atoms. The maximum atomic E-state index is 11.8. The van der Waals surface area contributed by atoms with Crippen LogP contribution in [0, 0.1) is 0 Å². The highest BCUT2D eigenvalue weighted by Gasteiger charge is 2.23. The Morgan fingerprint density at radius 1 is 1.37 bits per heavy atom. The van der Waals surface area contributed by atoms with Crippen molar-refractivity contribution in [2.24, 2.45) is 0 Å². The van der Waals surface area contributed by atoms with E-state index in [1.807, 2.05) is 0 Å². The second-order valence-corrected chi connectivity index (χ2v) is 5.53. The van der Waals surface area contributed by atoms with Crippen molar-refractivity contribution in [3.8, 4) is 0 Å². The molecule has 0 aliphatic heterocycles. The summed E-state index contributed by atoms with van der Waals surface area (Å²) in [4.78, 5) is 27.4. The summed E-state index contributed by atoms with van der Waals surface area (Å²) in [6, 6.07) is 2.30. The monoisotopic (exact) mass is 284 g/mol. The molecular formula is C13H17ClN2O3. The summed E-state index contributed by atoms with van der Waals surface area (Å²) in [7, 11) is 0. The Kier molecular flexibility index (Phi) is 4.89. The zero-order valence-corrected chi connectivity index (χ0v) is 12.1. The van der Waals surface area contributed by atoms with Crippen molar-refractivity contribution in [2.45, 2.75) is 39.3 Å². The molecule has 1 atom stereocenters. The van der Waals surface area contributed by atoms with Gasteiger partial charge in [0.05, 0.1) is 5.02 Å². The molecule has 0 spiro atoms. The van der Waals surface area contributed by atoms with Crippen molar-refractivity contribution in [2.75, 3.05) is 0 Å². The van der Waals surface area contributed by atoms with Gasteiger partial charge < -0.3 is 10.1 Å². The molecule has 6 heteroatoms. The smallest absolute Gasteiger partial charge is 0.328 e. The topological polar surface area (TPSA) is 68.3 Å². The summed E-state index contributed by atoms with van der Waals surface area (Å²) in [6.07, 6.45) is 1.37. The van der Waals surface area contributed by atoms with Crippen LogP contribution in [-0.4, -0.2) is 28.5 Å². The number of halogens is 1. The number of nitrogens with one attached hydrogen (secondary N) is 1. The quantitative estimate of drug-likeness (QED) is 0.864. The minimum Gasteiger partial charge on any atom is -0.458 e. The SMILES string of the molecule is C[C@H](NC(=O)c1ccc(Cl)cn1)C(=O)OC(C)(C)C. The van der Waals surface area contributed by atoms with E-state index >= 15 is 0 Å². The van der Waals surface area contributed by atoms with E-state index in [4.69, 9.17) is 16.3 Å². The number of amides is 1. The van der Waals surface area contributed by atoms with Gasteiger partial charge in [0.25, 0.3) is 5.91 Å². The Labute approximate surface area is 117 Å². The van der Waals surface area contributed by atoms with Gasteiger partial charge >= 0.3 is 5.97 Å². The number of hydrogen-bond acceptors (Lipinski definition) is 4. The fourth-order valence-corrected chi connectivity index (χ4v) is 1.34. The van der Waals surface area contributed by atoms with Crippen molar-refractivity contribution in [1.29, 1.82) is 0 Å². The van der Waals surface area contributed by atoms with Crippen LogP contribution in [-0.2, 0) is 9.53 Å². The fourth-order valence-electron chi connectivity index (χ4n) is 1.23. The van der Waals surface area contributed by atoms with Crippen molar-refractivity contribution in [1.82, 2.24) is 10.3 Å². The van der Waals surface area contributed by atoms with Crippen LogP contribution in [0.5, 0.6) is 0 Å². The number of aromatic nitrogens is 1. The first-order valence-electron chi connectivity index (χ1n) is 5.84. The summed E-state index contributed by atoms with van der Waals surface area (Å²) in [5.41, 5.74) is -0.394. The van der Waals surface area contributed by atoms with Gasteiger partial charge in [-0.1, -0.05) is 11.6 Å².